The fourth-order valence-electron chi connectivity index (χ4n) is 10.9. The quantitative estimate of drug-likeness (QED) is 0.0358. The lowest BCUT2D eigenvalue weighted by atomic mass is 9.92. The third-order valence-electron chi connectivity index (χ3n) is 16.3. The highest BCUT2D eigenvalue weighted by Crippen LogP contribution is 2.25. The summed E-state index contributed by atoms with van der Waals surface area (Å²) in [6, 6.07) is 0. The van der Waals surface area contributed by atoms with E-state index < -0.39 is 36.5 Å². The summed E-state index contributed by atoms with van der Waals surface area (Å²) in [5.41, 5.74) is -1.12. The third-order valence-corrected chi connectivity index (χ3v) is 16.3. The molecule has 0 aliphatic carbocycles. The Morgan fingerprint density at radius 1 is 0.361 bits per heavy atom. The van der Waals surface area contributed by atoms with E-state index in [-0.39, 0.29) is 19.6 Å². The van der Waals surface area contributed by atoms with Gasteiger partial charge in [-0.15, -0.1) is 0 Å². The summed E-state index contributed by atoms with van der Waals surface area (Å²) in [6.45, 7) is 1.21. The Morgan fingerprint density at radius 2 is 0.597 bits per heavy atom. The smallest absolute Gasteiger partial charge is 0.309 e. The van der Waals surface area contributed by atoms with Crippen molar-refractivity contribution >= 4 is 11.9 Å². The van der Waals surface area contributed by atoms with Gasteiger partial charge in [-0.2, -0.15) is 0 Å². The van der Waals surface area contributed by atoms with Crippen molar-refractivity contribution in [2.24, 2.45) is 11.3 Å². The van der Waals surface area contributed by atoms with Crippen LogP contribution in [0.25, 0.3) is 0 Å². The predicted octanol–water partition coefficient (Wildman–Crippen LogP) is 20.7. The van der Waals surface area contributed by atoms with Crippen LogP contribution in [0.15, 0.2) is 12.2 Å². The van der Waals surface area contributed by atoms with Crippen molar-refractivity contribution in [1.82, 2.24) is 0 Å². The minimum absolute atomic E-state index is 0.00494. The molecule has 0 aromatic rings. The highest BCUT2D eigenvalue weighted by atomic mass is 16.6. The predicted molar refractivity (Wildman–Crippen MR) is 311 cm³/mol. The van der Waals surface area contributed by atoms with E-state index in [0.717, 1.165) is 19.3 Å². The Labute approximate surface area is 449 Å². The van der Waals surface area contributed by atoms with Crippen LogP contribution in [-0.4, -0.2) is 48.6 Å². The van der Waals surface area contributed by atoms with Crippen molar-refractivity contribution in [2.45, 2.75) is 360 Å². The normalized spacial score (nSPS) is 15.2. The van der Waals surface area contributed by atoms with Gasteiger partial charge in [0.2, 0.25) is 0 Å². The van der Waals surface area contributed by atoms with Crippen LogP contribution in [0.2, 0.25) is 0 Å². The Balaban J connectivity index is 1.68. The fourth-order valence-corrected chi connectivity index (χ4v) is 10.9. The molecule has 0 radical (unpaired) electrons. The Hall–Kier alpha value is -1.40. The van der Waals surface area contributed by atoms with Crippen LogP contribution in [0, 0.1) is 11.3 Å². The first-order chi connectivity index (χ1) is 35.6. The lowest BCUT2D eigenvalue weighted by molar-refractivity contribution is -0.155. The van der Waals surface area contributed by atoms with Crippen LogP contribution >= 0.6 is 0 Å². The minimum Gasteiger partial charge on any atom is -0.465 e. The zero-order valence-corrected chi connectivity index (χ0v) is 48.5. The molecule has 1 aliphatic heterocycles. The van der Waals surface area contributed by atoms with E-state index in [2.05, 4.69) is 19.1 Å². The molecule has 1 fully saturated rings. The molecule has 1 atom stereocenters. The van der Waals surface area contributed by atoms with Gasteiger partial charge < -0.3 is 19.7 Å². The number of hydrogen-bond donors (Lipinski definition) is 2. The highest BCUT2D eigenvalue weighted by molar-refractivity contribution is 5.80. The highest BCUT2D eigenvalue weighted by Gasteiger charge is 2.36. The number of cyclic esters (lactones) is 2. The van der Waals surface area contributed by atoms with E-state index in [4.69, 9.17) is 9.47 Å². The lowest BCUT2D eigenvalue weighted by Crippen LogP contribution is -2.40. The molecule has 1 saturated heterocycles. The SMILES string of the molecule is CCCCCCCCCCCCCCCCCCC/C=C/CCCCCCCCCCCCCCCCCCCCCCCCCCCCCCCCCCCCC1CC(=O)OCC(CO)(CO)COC1=O. The van der Waals surface area contributed by atoms with Crippen LogP contribution in [-0.2, 0) is 19.1 Å². The Morgan fingerprint density at radius 3 is 0.861 bits per heavy atom. The topological polar surface area (TPSA) is 93.1 Å². The molecule has 0 amide bonds. The monoisotopic (exact) mass is 1010 g/mol. The molecule has 0 bridgehead atoms. The van der Waals surface area contributed by atoms with Crippen LogP contribution in [0.1, 0.15) is 360 Å². The van der Waals surface area contributed by atoms with Crippen molar-refractivity contribution in [3.8, 4) is 0 Å². The average Bonchev–Trinajstić information content (AvgIpc) is 3.45. The number of carbonyl (C=O) groups is 2. The molecule has 1 aliphatic rings. The number of aliphatic hydroxyl groups is 2. The van der Waals surface area contributed by atoms with E-state index >= 15 is 0 Å². The maximum Gasteiger partial charge on any atom is 0.309 e. The maximum absolute atomic E-state index is 12.5. The van der Waals surface area contributed by atoms with Gasteiger partial charge in [-0.3, -0.25) is 9.59 Å². The van der Waals surface area contributed by atoms with E-state index in [1.807, 2.05) is 0 Å². The number of carbonyl (C=O) groups excluding carboxylic acids is 2. The summed E-state index contributed by atoms with van der Waals surface area (Å²) in [5.74, 6) is -1.40. The number of esters is 2. The van der Waals surface area contributed by atoms with E-state index in [9.17, 15) is 19.8 Å². The number of aliphatic hydroxyl groups excluding tert-OH is 2. The maximum atomic E-state index is 12.5. The van der Waals surface area contributed by atoms with E-state index in [0.29, 0.717) is 6.42 Å². The molecule has 72 heavy (non-hydrogen) atoms. The van der Waals surface area contributed by atoms with Crippen LogP contribution in [0.5, 0.6) is 0 Å². The number of ether oxygens (including phenoxy) is 2. The van der Waals surface area contributed by atoms with E-state index in [1.54, 1.807) is 0 Å². The molecular formula is C66H126O6. The summed E-state index contributed by atoms with van der Waals surface area (Å²) in [4.78, 5) is 24.7. The molecule has 6 nitrogen and oxygen atoms in total. The second-order valence-electron chi connectivity index (χ2n) is 23.5. The number of allylic oxidation sites excluding steroid dienone is 2. The molecule has 0 saturated carbocycles. The van der Waals surface area contributed by atoms with Gasteiger partial charge in [-0.05, 0) is 32.1 Å². The Bertz CT molecular complexity index is 1130. The van der Waals surface area contributed by atoms with Crippen molar-refractivity contribution in [2.75, 3.05) is 26.4 Å². The average molecular weight is 1020 g/mol. The van der Waals surface area contributed by atoms with Gasteiger partial charge >= 0.3 is 11.9 Å². The summed E-state index contributed by atoms with van der Waals surface area (Å²) in [5, 5.41) is 19.2. The van der Waals surface area contributed by atoms with Gasteiger partial charge in [0.05, 0.1) is 31.0 Å². The van der Waals surface area contributed by atoms with Crippen molar-refractivity contribution < 1.29 is 29.3 Å². The molecule has 426 valence electrons. The van der Waals surface area contributed by atoms with Crippen molar-refractivity contribution in [3.63, 3.8) is 0 Å². The summed E-state index contributed by atoms with van der Waals surface area (Å²) in [7, 11) is 0. The van der Waals surface area contributed by atoms with Crippen molar-refractivity contribution in [3.05, 3.63) is 12.2 Å². The number of hydrogen-bond acceptors (Lipinski definition) is 6. The Kier molecular flexibility index (Phi) is 53.2. The first-order valence-electron chi connectivity index (χ1n) is 32.8. The number of rotatable bonds is 57. The molecule has 1 unspecified atom stereocenters. The van der Waals surface area contributed by atoms with Gasteiger partial charge in [0.1, 0.15) is 13.2 Å². The summed E-state index contributed by atoms with van der Waals surface area (Å²) < 4.78 is 10.6. The van der Waals surface area contributed by atoms with Gasteiger partial charge in [0.15, 0.2) is 0 Å². The van der Waals surface area contributed by atoms with Gasteiger partial charge in [-0.25, -0.2) is 0 Å². The second-order valence-corrected chi connectivity index (χ2v) is 23.5. The number of unbranched alkanes of at least 4 members (excludes halogenated alkanes) is 51. The first kappa shape index (κ1) is 68.6. The largest absolute Gasteiger partial charge is 0.465 e. The van der Waals surface area contributed by atoms with E-state index in [1.165, 1.54) is 321 Å². The molecule has 0 spiro atoms. The van der Waals surface area contributed by atoms with Crippen LogP contribution in [0.4, 0.5) is 0 Å². The summed E-state index contributed by atoms with van der Waals surface area (Å²) in [6.07, 6.45) is 80.1. The van der Waals surface area contributed by atoms with Crippen LogP contribution in [0.3, 0.4) is 0 Å². The molecule has 0 aromatic heterocycles. The second kappa shape index (κ2) is 55.8. The fraction of sp³-hybridized carbons (Fsp3) is 0.939. The van der Waals surface area contributed by atoms with Gasteiger partial charge in [0.25, 0.3) is 0 Å². The van der Waals surface area contributed by atoms with Crippen molar-refractivity contribution in [1.29, 1.82) is 0 Å². The van der Waals surface area contributed by atoms with Gasteiger partial charge in [0, 0.05) is 0 Å². The molecule has 1 heterocycles. The minimum atomic E-state index is -1.12. The summed E-state index contributed by atoms with van der Waals surface area (Å²) >= 11 is 0. The van der Waals surface area contributed by atoms with Gasteiger partial charge in [-0.1, -0.05) is 334 Å². The standard InChI is InChI=1S/C66H126O6/c1-2-3-4-5-6-7-8-9-10-11-12-13-14-15-16-17-18-19-20-21-22-23-24-25-26-27-28-29-30-31-32-33-34-35-36-37-38-39-40-41-42-43-44-45-46-47-48-49-50-51-52-53-54-55-56-57-63-58-64(69)71-61-66(59-67,60-68)62-72-65(63)70/h20-21,63,67-68H,2-19,22-62H2,1H3/b21-20+. The molecule has 2 N–H and O–H groups in total. The zero-order chi connectivity index (χ0) is 51.8. The molecule has 1 rings (SSSR count). The lowest BCUT2D eigenvalue weighted by Gasteiger charge is -2.27. The third kappa shape index (κ3) is 47.1. The molecular weight excluding hydrogens is 889 g/mol. The van der Waals surface area contributed by atoms with Crippen LogP contribution < -0.4 is 0 Å². The zero-order valence-electron chi connectivity index (χ0n) is 48.5. The molecule has 0 aromatic carbocycles. The first-order valence-corrected chi connectivity index (χ1v) is 32.8. The molecule has 6 heteroatoms.